The van der Waals surface area contributed by atoms with Crippen LogP contribution in [0.1, 0.15) is 58.6 Å². The van der Waals surface area contributed by atoms with E-state index in [2.05, 4.69) is 124 Å². The maximum absolute atomic E-state index is 5.57. The SMILES string of the molecule is CCCCN1/C(=C\C=C\C2=[N+](C)c3ccc4ccccc4c3C2(C)C)C(C)(C)c2cc(OC)ccc21. The molecule has 0 spiro atoms. The molecular formula is C33H39N2O+. The van der Waals surface area contributed by atoms with Gasteiger partial charge in [0, 0.05) is 41.1 Å². The van der Waals surface area contributed by atoms with Gasteiger partial charge in [-0.05, 0) is 66.9 Å². The van der Waals surface area contributed by atoms with E-state index in [0.29, 0.717) is 0 Å². The van der Waals surface area contributed by atoms with E-state index in [1.807, 2.05) is 0 Å². The van der Waals surface area contributed by atoms with Crippen LogP contribution < -0.4 is 9.64 Å². The lowest BCUT2D eigenvalue weighted by Gasteiger charge is -2.27. The number of fused-ring (bicyclic) bond motifs is 4. The van der Waals surface area contributed by atoms with Crippen LogP contribution in [0.15, 0.2) is 78.5 Å². The zero-order valence-electron chi connectivity index (χ0n) is 22.9. The van der Waals surface area contributed by atoms with Gasteiger partial charge in [-0.25, -0.2) is 0 Å². The summed E-state index contributed by atoms with van der Waals surface area (Å²) in [7, 11) is 3.95. The van der Waals surface area contributed by atoms with Crippen LogP contribution in [0.25, 0.3) is 10.8 Å². The van der Waals surface area contributed by atoms with Crippen molar-refractivity contribution in [3.8, 4) is 5.75 Å². The Morgan fingerprint density at radius 1 is 0.972 bits per heavy atom. The van der Waals surface area contributed by atoms with Gasteiger partial charge in [0.2, 0.25) is 5.69 Å². The molecule has 0 aromatic heterocycles. The Morgan fingerprint density at radius 3 is 2.50 bits per heavy atom. The van der Waals surface area contributed by atoms with Crippen LogP contribution in [0.3, 0.4) is 0 Å². The number of benzene rings is 3. The van der Waals surface area contributed by atoms with Gasteiger partial charge in [0.25, 0.3) is 0 Å². The Kier molecular flexibility index (Phi) is 6.06. The van der Waals surface area contributed by atoms with Crippen LogP contribution in [-0.4, -0.2) is 31.0 Å². The first-order valence-electron chi connectivity index (χ1n) is 13.2. The van der Waals surface area contributed by atoms with Gasteiger partial charge in [-0.15, -0.1) is 0 Å². The summed E-state index contributed by atoms with van der Waals surface area (Å²) in [5.74, 6) is 0.920. The first-order chi connectivity index (χ1) is 17.2. The number of hydrogen-bond acceptors (Lipinski definition) is 2. The van der Waals surface area contributed by atoms with Crippen molar-refractivity contribution in [2.45, 2.75) is 58.3 Å². The largest absolute Gasteiger partial charge is 0.497 e. The zero-order valence-corrected chi connectivity index (χ0v) is 22.9. The molecule has 3 nitrogen and oxygen atoms in total. The summed E-state index contributed by atoms with van der Waals surface area (Å²) >= 11 is 0. The number of allylic oxidation sites excluding steroid dienone is 4. The van der Waals surface area contributed by atoms with Gasteiger partial charge >= 0.3 is 0 Å². The van der Waals surface area contributed by atoms with Gasteiger partial charge in [-0.3, -0.25) is 0 Å². The Labute approximate surface area is 216 Å². The third-order valence-electron chi connectivity index (χ3n) is 8.24. The highest BCUT2D eigenvalue weighted by atomic mass is 16.5. The first-order valence-corrected chi connectivity index (χ1v) is 13.2. The van der Waals surface area contributed by atoms with Gasteiger partial charge in [0.15, 0.2) is 5.71 Å². The van der Waals surface area contributed by atoms with E-state index in [9.17, 15) is 0 Å². The molecule has 0 unspecified atom stereocenters. The van der Waals surface area contributed by atoms with E-state index < -0.39 is 0 Å². The predicted molar refractivity (Wildman–Crippen MR) is 153 cm³/mol. The van der Waals surface area contributed by atoms with Gasteiger partial charge in [0.1, 0.15) is 12.8 Å². The normalized spacial score (nSPS) is 19.0. The summed E-state index contributed by atoms with van der Waals surface area (Å²) < 4.78 is 7.93. The molecule has 0 aliphatic carbocycles. The lowest BCUT2D eigenvalue weighted by molar-refractivity contribution is -0.401. The maximum atomic E-state index is 5.57. The maximum Gasteiger partial charge on any atom is 0.210 e. The van der Waals surface area contributed by atoms with Gasteiger partial charge in [-0.1, -0.05) is 57.5 Å². The quantitative estimate of drug-likeness (QED) is 0.334. The fourth-order valence-electron chi connectivity index (χ4n) is 6.26. The van der Waals surface area contributed by atoms with Crippen molar-refractivity contribution in [2.24, 2.45) is 0 Å². The minimum Gasteiger partial charge on any atom is -0.497 e. The van der Waals surface area contributed by atoms with Gasteiger partial charge in [-0.2, -0.15) is 4.58 Å². The standard InChI is InChI=1S/C33H39N2O/c1-8-9-21-35-27-20-18-24(36-7)22-26(27)32(2,3)30(35)16-12-15-29-33(4,5)31-25-14-11-10-13-23(25)17-19-28(31)34(29)6/h10-20,22H,8-9,21H2,1-7H3/q+1. The molecule has 3 aromatic rings. The number of rotatable bonds is 6. The van der Waals surface area contributed by atoms with Gasteiger partial charge in [0.05, 0.1) is 12.5 Å². The summed E-state index contributed by atoms with van der Waals surface area (Å²) in [6.45, 7) is 12.6. The highest BCUT2D eigenvalue weighted by Crippen LogP contribution is 2.49. The molecule has 0 bridgehead atoms. The molecule has 2 heterocycles. The summed E-state index contributed by atoms with van der Waals surface area (Å²) in [5.41, 5.74) is 7.85. The first kappa shape index (κ1) is 24.4. The minimum absolute atomic E-state index is 0.0800. The monoisotopic (exact) mass is 479 g/mol. The molecule has 0 radical (unpaired) electrons. The van der Waals surface area contributed by atoms with E-state index in [1.54, 1.807) is 7.11 Å². The number of hydrogen-bond donors (Lipinski definition) is 0. The number of nitrogens with zero attached hydrogens (tertiary/aromatic N) is 2. The lowest BCUT2D eigenvalue weighted by Crippen LogP contribution is -2.27. The molecule has 3 aromatic carbocycles. The number of methoxy groups -OCH3 is 1. The average Bonchev–Trinajstić information content (AvgIpc) is 3.20. The Balaban J connectivity index is 1.55. The predicted octanol–water partition coefficient (Wildman–Crippen LogP) is 7.89. The minimum atomic E-state index is -0.0944. The van der Waals surface area contributed by atoms with Crippen LogP contribution in [-0.2, 0) is 10.8 Å². The van der Waals surface area contributed by atoms with E-state index in [0.717, 1.165) is 18.7 Å². The van der Waals surface area contributed by atoms with Crippen molar-refractivity contribution in [3.63, 3.8) is 0 Å². The molecule has 0 N–H and O–H groups in total. The average molecular weight is 480 g/mol. The molecule has 36 heavy (non-hydrogen) atoms. The van der Waals surface area contributed by atoms with Crippen LogP contribution in [0.2, 0.25) is 0 Å². The summed E-state index contributed by atoms with van der Waals surface area (Å²) in [5, 5.41) is 2.65. The van der Waals surface area contributed by atoms with E-state index in [1.165, 1.54) is 51.1 Å². The van der Waals surface area contributed by atoms with Crippen molar-refractivity contribution in [1.82, 2.24) is 0 Å². The van der Waals surface area contributed by atoms with Crippen molar-refractivity contribution < 1.29 is 9.31 Å². The Morgan fingerprint density at radius 2 is 1.75 bits per heavy atom. The third kappa shape index (κ3) is 3.68. The van der Waals surface area contributed by atoms with E-state index >= 15 is 0 Å². The molecule has 2 aliphatic heterocycles. The second kappa shape index (κ2) is 8.96. The van der Waals surface area contributed by atoms with Crippen molar-refractivity contribution in [2.75, 3.05) is 25.6 Å². The number of anilines is 1. The highest BCUT2D eigenvalue weighted by Gasteiger charge is 2.44. The molecular weight excluding hydrogens is 440 g/mol. The molecule has 0 saturated carbocycles. The van der Waals surface area contributed by atoms with Crippen LogP contribution in [0.4, 0.5) is 11.4 Å². The summed E-state index contributed by atoms with van der Waals surface area (Å²) in [4.78, 5) is 2.51. The fourth-order valence-corrected chi connectivity index (χ4v) is 6.26. The summed E-state index contributed by atoms with van der Waals surface area (Å²) in [6.07, 6.45) is 9.26. The fraction of sp³-hybridized carbons (Fsp3) is 0.364. The van der Waals surface area contributed by atoms with Crippen LogP contribution in [0.5, 0.6) is 5.75 Å². The van der Waals surface area contributed by atoms with Crippen molar-refractivity contribution in [3.05, 3.63) is 89.6 Å². The van der Waals surface area contributed by atoms with Crippen molar-refractivity contribution >= 4 is 27.9 Å². The Bertz CT molecular complexity index is 1420. The molecule has 0 fully saturated rings. The molecule has 3 heteroatoms. The molecule has 0 amide bonds. The molecule has 186 valence electrons. The zero-order chi connectivity index (χ0) is 25.7. The van der Waals surface area contributed by atoms with Crippen molar-refractivity contribution in [1.29, 1.82) is 0 Å². The second-order valence-electron chi connectivity index (χ2n) is 11.2. The molecule has 0 atom stereocenters. The van der Waals surface area contributed by atoms with E-state index in [4.69, 9.17) is 4.74 Å². The highest BCUT2D eigenvalue weighted by molar-refractivity contribution is 6.07. The van der Waals surface area contributed by atoms with Crippen LogP contribution >= 0.6 is 0 Å². The Hall–Kier alpha value is -3.33. The number of unbranched alkanes of at least 4 members (excludes halogenated alkanes) is 1. The smallest absolute Gasteiger partial charge is 0.210 e. The van der Waals surface area contributed by atoms with E-state index in [-0.39, 0.29) is 10.8 Å². The summed E-state index contributed by atoms with van der Waals surface area (Å²) in [6, 6.07) is 19.8. The number of ether oxygens (including phenoxy) is 1. The topological polar surface area (TPSA) is 15.5 Å². The third-order valence-corrected chi connectivity index (χ3v) is 8.24. The molecule has 0 saturated heterocycles. The lowest BCUT2D eigenvalue weighted by atomic mass is 9.79. The van der Waals surface area contributed by atoms with Gasteiger partial charge < -0.3 is 9.64 Å². The molecule has 5 rings (SSSR count). The molecule has 2 aliphatic rings. The second-order valence-corrected chi connectivity index (χ2v) is 11.2. The van der Waals surface area contributed by atoms with Crippen LogP contribution in [0, 0.1) is 0 Å².